The third kappa shape index (κ3) is 5.18. The van der Waals surface area contributed by atoms with Gasteiger partial charge >= 0.3 is 0 Å². The van der Waals surface area contributed by atoms with Crippen LogP contribution in [0.5, 0.6) is 0 Å². The number of amides is 1. The number of hydrogen-bond acceptors (Lipinski definition) is 6. The molecule has 0 aliphatic carbocycles. The van der Waals surface area contributed by atoms with Gasteiger partial charge in [-0.25, -0.2) is 27.2 Å². The van der Waals surface area contributed by atoms with E-state index in [1.54, 1.807) is 11.8 Å². The first kappa shape index (κ1) is 21.8. The number of anilines is 1. The van der Waals surface area contributed by atoms with Crippen LogP contribution in [0, 0.1) is 11.6 Å². The molecule has 7 nitrogen and oxygen atoms in total. The molecule has 1 aliphatic rings. The van der Waals surface area contributed by atoms with Gasteiger partial charge in [-0.05, 0) is 31.9 Å². The Morgan fingerprint density at radius 2 is 1.97 bits per heavy atom. The van der Waals surface area contributed by atoms with E-state index >= 15 is 0 Å². The van der Waals surface area contributed by atoms with Crippen LogP contribution in [0.4, 0.5) is 14.6 Å². The lowest BCUT2D eigenvalue weighted by atomic mass is 10.0. The van der Waals surface area contributed by atoms with E-state index in [1.807, 2.05) is 0 Å². The Bertz CT molecular complexity index is 1040. The van der Waals surface area contributed by atoms with Crippen LogP contribution < -0.4 is 10.2 Å². The molecule has 0 saturated carbocycles. The van der Waals surface area contributed by atoms with Gasteiger partial charge in [-0.2, -0.15) is 0 Å². The number of carbonyl (C=O) groups is 1. The van der Waals surface area contributed by atoms with E-state index < -0.39 is 39.5 Å². The second kappa shape index (κ2) is 8.86. The smallest absolute Gasteiger partial charge is 0.271 e. The average Bonchev–Trinajstić information content (AvgIpc) is 3.15. The molecule has 0 radical (unpaired) electrons. The zero-order chi connectivity index (χ0) is 21.9. The van der Waals surface area contributed by atoms with Crippen molar-refractivity contribution in [3.05, 3.63) is 65.0 Å². The monoisotopic (exact) mass is 436 g/mol. The Labute approximate surface area is 173 Å². The van der Waals surface area contributed by atoms with E-state index in [0.717, 1.165) is 18.1 Å². The third-order valence-corrected chi connectivity index (χ3v) is 5.38. The maximum atomic E-state index is 14.2. The van der Waals surface area contributed by atoms with Crippen LogP contribution in [-0.2, 0) is 9.84 Å². The first-order chi connectivity index (χ1) is 14.2. The Balaban J connectivity index is 1.73. The summed E-state index contributed by atoms with van der Waals surface area (Å²) < 4.78 is 50.7. The highest BCUT2D eigenvalue weighted by atomic mass is 32.2. The minimum atomic E-state index is -3.29. The summed E-state index contributed by atoms with van der Waals surface area (Å²) in [6.45, 7) is 2.19. The molecule has 1 N–H and O–H groups in total. The van der Waals surface area contributed by atoms with Crippen LogP contribution >= 0.6 is 0 Å². The number of rotatable bonds is 6. The minimum Gasteiger partial charge on any atom is -0.348 e. The molecule has 1 aromatic carbocycles. The van der Waals surface area contributed by atoms with Crippen LogP contribution in [0.1, 0.15) is 41.9 Å². The summed E-state index contributed by atoms with van der Waals surface area (Å²) in [6.07, 6.45) is 6.40. The zero-order valence-electron chi connectivity index (χ0n) is 16.5. The van der Waals surface area contributed by atoms with Gasteiger partial charge in [0.05, 0.1) is 18.4 Å². The lowest BCUT2D eigenvalue weighted by Gasteiger charge is -2.26. The van der Waals surface area contributed by atoms with Gasteiger partial charge in [0.15, 0.2) is 9.84 Å². The van der Waals surface area contributed by atoms with Crippen molar-refractivity contribution in [1.82, 2.24) is 15.3 Å². The molecule has 0 spiro atoms. The average molecular weight is 436 g/mol. The van der Waals surface area contributed by atoms with Gasteiger partial charge in [-0.1, -0.05) is 12.1 Å². The van der Waals surface area contributed by atoms with Crippen molar-refractivity contribution in [1.29, 1.82) is 0 Å². The SMILES string of the molecule is C[C@H](/C=C/S(C)(=O)=O)NC(=O)c1cnc(N2CCCC2c2c(F)cccc2F)cn1. The summed E-state index contributed by atoms with van der Waals surface area (Å²) in [7, 11) is -3.29. The molecule has 10 heteroatoms. The largest absolute Gasteiger partial charge is 0.348 e. The first-order valence-corrected chi connectivity index (χ1v) is 11.3. The highest BCUT2D eigenvalue weighted by Crippen LogP contribution is 2.37. The van der Waals surface area contributed by atoms with Crippen LogP contribution in [0.25, 0.3) is 0 Å². The molecule has 1 amide bonds. The molecule has 160 valence electrons. The summed E-state index contributed by atoms with van der Waals surface area (Å²) in [5.41, 5.74) is 0.0521. The van der Waals surface area contributed by atoms with Crippen molar-refractivity contribution in [3.63, 3.8) is 0 Å². The van der Waals surface area contributed by atoms with Gasteiger partial charge in [0.2, 0.25) is 0 Å². The fourth-order valence-corrected chi connectivity index (χ4v) is 3.87. The normalized spacial score (nSPS) is 18.0. The predicted octanol–water partition coefficient (Wildman–Crippen LogP) is 2.77. The molecule has 1 unspecified atom stereocenters. The van der Waals surface area contributed by atoms with Crippen molar-refractivity contribution < 1.29 is 22.0 Å². The number of aromatic nitrogens is 2. The lowest BCUT2D eigenvalue weighted by molar-refractivity contribution is 0.0941. The number of carbonyl (C=O) groups excluding carboxylic acids is 1. The molecule has 0 bridgehead atoms. The molecular weight excluding hydrogens is 414 g/mol. The van der Waals surface area contributed by atoms with Crippen LogP contribution in [-0.4, -0.2) is 43.1 Å². The van der Waals surface area contributed by atoms with Crippen molar-refractivity contribution >= 4 is 21.6 Å². The fourth-order valence-electron chi connectivity index (χ4n) is 3.35. The highest BCUT2D eigenvalue weighted by molar-refractivity contribution is 7.93. The highest BCUT2D eigenvalue weighted by Gasteiger charge is 2.31. The second-order valence-corrected chi connectivity index (χ2v) is 9.10. The summed E-state index contributed by atoms with van der Waals surface area (Å²) in [5, 5.41) is 3.62. The molecule has 1 saturated heterocycles. The number of sulfone groups is 1. The third-order valence-electron chi connectivity index (χ3n) is 4.72. The maximum absolute atomic E-state index is 14.2. The quantitative estimate of drug-likeness (QED) is 0.749. The maximum Gasteiger partial charge on any atom is 0.271 e. The van der Waals surface area contributed by atoms with Crippen LogP contribution in [0.15, 0.2) is 42.1 Å². The van der Waals surface area contributed by atoms with Crippen LogP contribution in [0.2, 0.25) is 0 Å². The molecule has 2 atom stereocenters. The van der Waals surface area contributed by atoms with Crippen molar-refractivity contribution in [2.24, 2.45) is 0 Å². The Hall–Kier alpha value is -2.88. The van der Waals surface area contributed by atoms with E-state index in [2.05, 4.69) is 15.3 Å². The van der Waals surface area contributed by atoms with Crippen molar-refractivity contribution in [3.8, 4) is 0 Å². The summed E-state index contributed by atoms with van der Waals surface area (Å²) >= 11 is 0. The summed E-state index contributed by atoms with van der Waals surface area (Å²) in [4.78, 5) is 22.4. The number of nitrogens with one attached hydrogen (secondary N) is 1. The first-order valence-electron chi connectivity index (χ1n) is 9.37. The Morgan fingerprint density at radius 1 is 1.27 bits per heavy atom. The molecule has 1 aliphatic heterocycles. The van der Waals surface area contributed by atoms with Crippen LogP contribution in [0.3, 0.4) is 0 Å². The number of nitrogens with zero attached hydrogens (tertiary/aromatic N) is 3. The van der Waals surface area contributed by atoms with Gasteiger partial charge in [-0.15, -0.1) is 0 Å². The summed E-state index contributed by atoms with van der Waals surface area (Å²) in [5.74, 6) is -1.31. The molecule has 2 heterocycles. The number of hydrogen-bond donors (Lipinski definition) is 1. The summed E-state index contributed by atoms with van der Waals surface area (Å²) in [6, 6.07) is 2.76. The second-order valence-electron chi connectivity index (χ2n) is 7.17. The van der Waals surface area contributed by atoms with E-state index in [-0.39, 0.29) is 11.3 Å². The molecule has 1 aromatic heterocycles. The van der Waals surface area contributed by atoms with Crippen molar-refractivity contribution in [2.75, 3.05) is 17.7 Å². The minimum absolute atomic E-state index is 0.00473. The molecular formula is C20H22F2N4O3S. The lowest BCUT2D eigenvalue weighted by Crippen LogP contribution is -2.32. The van der Waals surface area contributed by atoms with E-state index in [0.29, 0.717) is 18.8 Å². The van der Waals surface area contributed by atoms with E-state index in [9.17, 15) is 22.0 Å². The van der Waals surface area contributed by atoms with Gasteiger partial charge in [-0.3, -0.25) is 4.79 Å². The standard InChI is InChI=1S/C20H22F2N4O3S/c1-13(8-10-30(2,28)29)25-20(27)16-11-24-18(12-23-16)26-9-4-7-17(26)19-14(21)5-3-6-15(19)22/h3,5-6,8,10-13,17H,4,7,9H2,1-2H3,(H,25,27)/b10-8+/t13-,17?/m1/s1. The Kier molecular flexibility index (Phi) is 6.45. The van der Waals surface area contributed by atoms with Gasteiger partial charge in [0, 0.05) is 29.8 Å². The number of benzene rings is 1. The van der Waals surface area contributed by atoms with Gasteiger partial charge in [0.1, 0.15) is 23.1 Å². The molecule has 3 rings (SSSR count). The Morgan fingerprint density at radius 3 is 2.57 bits per heavy atom. The van der Waals surface area contributed by atoms with Gasteiger partial charge in [0.25, 0.3) is 5.91 Å². The van der Waals surface area contributed by atoms with Crippen molar-refractivity contribution in [2.45, 2.75) is 31.8 Å². The fraction of sp³-hybridized carbons (Fsp3) is 0.350. The van der Waals surface area contributed by atoms with Gasteiger partial charge < -0.3 is 10.2 Å². The molecule has 30 heavy (non-hydrogen) atoms. The predicted molar refractivity (Wildman–Crippen MR) is 109 cm³/mol. The van der Waals surface area contributed by atoms with E-state index in [4.69, 9.17) is 0 Å². The van der Waals surface area contributed by atoms with E-state index in [1.165, 1.54) is 36.7 Å². The zero-order valence-corrected chi connectivity index (χ0v) is 17.4. The topological polar surface area (TPSA) is 92.3 Å². The number of halogens is 2. The molecule has 1 fully saturated rings. The molecule has 2 aromatic rings.